The van der Waals surface area contributed by atoms with E-state index >= 15 is 0 Å². The average Bonchev–Trinajstić information content (AvgIpc) is 2.53. The molecule has 0 aromatic heterocycles. The third kappa shape index (κ3) is 4.61. The van der Waals surface area contributed by atoms with Crippen LogP contribution in [-0.2, 0) is 0 Å². The van der Waals surface area contributed by atoms with E-state index in [1.165, 1.54) is 32.1 Å². The minimum atomic E-state index is 0.778. The summed E-state index contributed by atoms with van der Waals surface area (Å²) in [4.78, 5) is 4.52. The van der Waals surface area contributed by atoms with Gasteiger partial charge >= 0.3 is 0 Å². The zero-order valence-electron chi connectivity index (χ0n) is 12.0. The Balaban J connectivity index is 1.92. The number of terminal acetylenes is 1. The molecule has 106 valence electrons. The number of hydrogen-bond donors (Lipinski definition) is 0. The molecule has 1 aromatic rings. The molecular weight excluding hydrogens is 266 g/mol. The van der Waals surface area contributed by atoms with Crippen LogP contribution >= 0.6 is 11.8 Å². The van der Waals surface area contributed by atoms with E-state index in [0.717, 1.165) is 28.2 Å². The van der Waals surface area contributed by atoms with Gasteiger partial charge in [-0.3, -0.25) is 0 Å². The summed E-state index contributed by atoms with van der Waals surface area (Å²) in [5.74, 6) is 5.44. The second kappa shape index (κ2) is 8.01. The van der Waals surface area contributed by atoms with Crippen molar-refractivity contribution < 1.29 is 4.74 Å². The largest absolute Gasteiger partial charge is 0.497 e. The smallest absolute Gasteiger partial charge is 0.146 e. The molecule has 1 fully saturated rings. The standard InChI is InChI=1S/C17H21NOS/c1-3-17(20-13-14-7-5-4-6-8-14)18-15-9-11-16(19-2)12-10-15/h1,9-12,14H,4-8,13H2,2H3. The molecule has 0 saturated heterocycles. The quantitative estimate of drug-likeness (QED) is 0.456. The van der Waals surface area contributed by atoms with Gasteiger partial charge in [0.1, 0.15) is 10.8 Å². The van der Waals surface area contributed by atoms with Crippen LogP contribution < -0.4 is 4.74 Å². The zero-order chi connectivity index (χ0) is 14.2. The Morgan fingerprint density at radius 3 is 2.60 bits per heavy atom. The molecule has 0 amide bonds. The summed E-state index contributed by atoms with van der Waals surface area (Å²) >= 11 is 1.72. The van der Waals surface area contributed by atoms with E-state index in [0.29, 0.717) is 0 Å². The minimum absolute atomic E-state index is 0.778. The van der Waals surface area contributed by atoms with Gasteiger partial charge in [0, 0.05) is 5.75 Å². The molecule has 0 bridgehead atoms. The van der Waals surface area contributed by atoms with Gasteiger partial charge in [-0.25, -0.2) is 4.99 Å². The molecule has 1 aromatic carbocycles. The van der Waals surface area contributed by atoms with Crippen molar-refractivity contribution in [3.05, 3.63) is 24.3 Å². The van der Waals surface area contributed by atoms with Crippen molar-refractivity contribution in [1.82, 2.24) is 0 Å². The fourth-order valence-corrected chi connectivity index (χ4v) is 3.41. The number of nitrogens with zero attached hydrogens (tertiary/aromatic N) is 1. The minimum Gasteiger partial charge on any atom is -0.497 e. The molecular formula is C17H21NOS. The second-order valence-electron chi connectivity index (χ2n) is 5.07. The molecule has 2 rings (SSSR count). The SMILES string of the molecule is C#CC(=Nc1ccc(OC)cc1)SCC1CCCCC1. The molecule has 0 N–H and O–H groups in total. The van der Waals surface area contributed by atoms with Crippen LogP contribution in [0.25, 0.3) is 0 Å². The highest BCUT2D eigenvalue weighted by Crippen LogP contribution is 2.28. The zero-order valence-corrected chi connectivity index (χ0v) is 12.8. The summed E-state index contributed by atoms with van der Waals surface area (Å²) in [7, 11) is 1.66. The average molecular weight is 287 g/mol. The lowest BCUT2D eigenvalue weighted by atomic mass is 9.91. The van der Waals surface area contributed by atoms with E-state index in [4.69, 9.17) is 11.2 Å². The highest BCUT2D eigenvalue weighted by molar-refractivity contribution is 8.14. The van der Waals surface area contributed by atoms with Gasteiger partial charge in [-0.15, -0.1) is 6.42 Å². The van der Waals surface area contributed by atoms with Gasteiger partial charge in [0.15, 0.2) is 0 Å². The van der Waals surface area contributed by atoms with Crippen LogP contribution in [0.1, 0.15) is 32.1 Å². The van der Waals surface area contributed by atoms with Gasteiger partial charge in [-0.2, -0.15) is 0 Å². The maximum Gasteiger partial charge on any atom is 0.146 e. The van der Waals surface area contributed by atoms with Gasteiger partial charge in [0.25, 0.3) is 0 Å². The van der Waals surface area contributed by atoms with Crippen LogP contribution in [-0.4, -0.2) is 17.9 Å². The van der Waals surface area contributed by atoms with E-state index < -0.39 is 0 Å². The van der Waals surface area contributed by atoms with Gasteiger partial charge in [0.05, 0.1) is 12.8 Å². The Kier molecular flexibility index (Phi) is 6.01. The van der Waals surface area contributed by atoms with Crippen molar-refractivity contribution in [2.75, 3.05) is 12.9 Å². The lowest BCUT2D eigenvalue weighted by Crippen LogP contribution is -2.09. The van der Waals surface area contributed by atoms with E-state index in [1.54, 1.807) is 18.9 Å². The van der Waals surface area contributed by atoms with Crippen molar-refractivity contribution in [3.8, 4) is 18.1 Å². The molecule has 2 nitrogen and oxygen atoms in total. The molecule has 0 heterocycles. The van der Waals surface area contributed by atoms with Crippen LogP contribution in [0.3, 0.4) is 0 Å². The van der Waals surface area contributed by atoms with Crippen molar-refractivity contribution in [1.29, 1.82) is 0 Å². The Labute approximate surface area is 126 Å². The summed E-state index contributed by atoms with van der Waals surface area (Å²) in [6, 6.07) is 7.66. The maximum atomic E-state index is 5.57. The van der Waals surface area contributed by atoms with Crippen LogP contribution in [0.2, 0.25) is 0 Å². The Hall–Kier alpha value is -1.40. The first-order chi connectivity index (χ1) is 9.81. The Morgan fingerprint density at radius 2 is 2.00 bits per heavy atom. The van der Waals surface area contributed by atoms with Crippen molar-refractivity contribution in [2.24, 2.45) is 10.9 Å². The first kappa shape index (κ1) is 15.0. The number of thioether (sulfide) groups is 1. The first-order valence-electron chi connectivity index (χ1n) is 7.14. The van der Waals surface area contributed by atoms with Crippen molar-refractivity contribution in [2.45, 2.75) is 32.1 Å². The fourth-order valence-electron chi connectivity index (χ4n) is 2.43. The molecule has 1 aliphatic carbocycles. The topological polar surface area (TPSA) is 21.6 Å². The van der Waals surface area contributed by atoms with Gasteiger partial charge in [0.2, 0.25) is 0 Å². The molecule has 3 heteroatoms. The second-order valence-corrected chi connectivity index (χ2v) is 6.08. The molecule has 0 aliphatic heterocycles. The third-order valence-electron chi connectivity index (χ3n) is 3.61. The molecule has 0 atom stereocenters. The molecule has 0 radical (unpaired) electrons. The number of ether oxygens (including phenoxy) is 1. The predicted molar refractivity (Wildman–Crippen MR) is 88.0 cm³/mol. The lowest BCUT2D eigenvalue weighted by molar-refractivity contribution is 0.391. The maximum absolute atomic E-state index is 5.57. The third-order valence-corrected chi connectivity index (χ3v) is 4.73. The highest BCUT2D eigenvalue weighted by atomic mass is 32.2. The van der Waals surface area contributed by atoms with E-state index in [1.807, 2.05) is 24.3 Å². The predicted octanol–water partition coefficient (Wildman–Crippen LogP) is 4.67. The monoisotopic (exact) mass is 287 g/mol. The molecule has 0 unspecified atom stereocenters. The summed E-state index contributed by atoms with van der Waals surface area (Å²) in [5.41, 5.74) is 0.884. The van der Waals surface area contributed by atoms with E-state index in [9.17, 15) is 0 Å². The lowest BCUT2D eigenvalue weighted by Gasteiger charge is -2.20. The van der Waals surface area contributed by atoms with E-state index in [-0.39, 0.29) is 0 Å². The first-order valence-corrected chi connectivity index (χ1v) is 8.12. The number of hydrogen-bond acceptors (Lipinski definition) is 3. The Morgan fingerprint density at radius 1 is 1.30 bits per heavy atom. The summed E-state index contributed by atoms with van der Waals surface area (Å²) < 4.78 is 5.13. The number of benzene rings is 1. The van der Waals surface area contributed by atoms with Gasteiger partial charge in [-0.1, -0.05) is 31.0 Å². The number of rotatable bonds is 4. The van der Waals surface area contributed by atoms with Crippen molar-refractivity contribution in [3.63, 3.8) is 0 Å². The fraction of sp³-hybridized carbons (Fsp3) is 0.471. The normalized spacial score (nSPS) is 16.7. The number of aliphatic imine (C=N–C) groups is 1. The summed E-state index contributed by atoms with van der Waals surface area (Å²) in [6.45, 7) is 0. The van der Waals surface area contributed by atoms with Crippen LogP contribution in [0.15, 0.2) is 29.3 Å². The Bertz CT molecular complexity index is 481. The van der Waals surface area contributed by atoms with Crippen molar-refractivity contribution >= 4 is 22.5 Å². The highest BCUT2D eigenvalue weighted by Gasteiger charge is 2.14. The van der Waals surface area contributed by atoms with Gasteiger partial charge in [-0.05, 0) is 48.9 Å². The molecule has 0 spiro atoms. The molecule has 1 saturated carbocycles. The number of methoxy groups -OCH3 is 1. The van der Waals surface area contributed by atoms with Crippen LogP contribution in [0, 0.1) is 18.3 Å². The van der Waals surface area contributed by atoms with Gasteiger partial charge < -0.3 is 4.74 Å². The van der Waals surface area contributed by atoms with Crippen LogP contribution in [0.4, 0.5) is 5.69 Å². The van der Waals surface area contributed by atoms with E-state index in [2.05, 4.69) is 10.9 Å². The summed E-state index contributed by atoms with van der Waals surface area (Å²) in [5, 5.41) is 0.778. The van der Waals surface area contributed by atoms with Crippen LogP contribution in [0.5, 0.6) is 5.75 Å². The summed E-state index contributed by atoms with van der Waals surface area (Å²) in [6.07, 6.45) is 12.4. The molecule has 1 aliphatic rings. The molecule has 20 heavy (non-hydrogen) atoms.